The van der Waals surface area contributed by atoms with Gasteiger partial charge in [-0.05, 0) is 61.3 Å². The zero-order chi connectivity index (χ0) is 28.2. The van der Waals surface area contributed by atoms with Crippen LogP contribution in [0.1, 0.15) is 90.5 Å². The molecule has 0 saturated carbocycles. The van der Waals surface area contributed by atoms with Gasteiger partial charge in [-0.1, -0.05) is 46.1 Å². The van der Waals surface area contributed by atoms with Crippen LogP contribution in [0, 0.1) is 5.92 Å². The summed E-state index contributed by atoms with van der Waals surface area (Å²) >= 11 is 0. The number of Topliss-reactive ketones (excluding diaryl/α,β-unsaturated/α-hetero) is 1. The molecule has 0 spiro atoms. The Bertz CT molecular complexity index is 1040. The molecule has 0 aliphatic carbocycles. The van der Waals surface area contributed by atoms with E-state index in [0.29, 0.717) is 37.7 Å². The summed E-state index contributed by atoms with van der Waals surface area (Å²) in [6.07, 6.45) is 10.4. The number of aliphatic hydroxyl groups excluding tert-OH is 1. The monoisotopic (exact) mass is 541 g/mol. The Hall–Kier alpha value is -2.48. The average molecular weight is 542 g/mol. The Morgan fingerprint density at radius 3 is 2.69 bits per heavy atom. The minimum atomic E-state index is -0.551. The fraction of sp³-hybridized carbons (Fsp3) is 0.625. The lowest BCUT2D eigenvalue weighted by molar-refractivity contribution is -0.866. The van der Waals surface area contributed by atoms with Crippen molar-refractivity contribution in [3.05, 3.63) is 46.8 Å². The molecule has 216 valence electrons. The van der Waals surface area contributed by atoms with Crippen molar-refractivity contribution in [2.45, 2.75) is 97.5 Å². The van der Waals surface area contributed by atoms with E-state index in [9.17, 15) is 15.0 Å². The van der Waals surface area contributed by atoms with Crippen molar-refractivity contribution in [2.24, 2.45) is 10.9 Å². The summed E-state index contributed by atoms with van der Waals surface area (Å²) in [7, 11) is 1.74. The smallest absolute Gasteiger partial charge is 0.227 e. The average Bonchev–Trinajstić information content (AvgIpc) is 3.45. The third-order valence-corrected chi connectivity index (χ3v) is 7.58. The van der Waals surface area contributed by atoms with Crippen molar-refractivity contribution in [2.75, 3.05) is 27.0 Å². The van der Waals surface area contributed by atoms with Crippen molar-refractivity contribution < 1.29 is 29.4 Å². The summed E-state index contributed by atoms with van der Waals surface area (Å²) in [6, 6.07) is 5.31. The molecule has 0 radical (unpaired) electrons. The number of allylic oxidation sites excluding steroid dienone is 2. The molecule has 0 fully saturated rings. The molecular formula is C32H49N2O5+. The van der Waals surface area contributed by atoms with Gasteiger partial charge in [0.1, 0.15) is 23.7 Å². The van der Waals surface area contributed by atoms with Gasteiger partial charge in [-0.15, -0.1) is 0 Å². The number of ether oxygens (including phenoxy) is 2. The molecular weight excluding hydrogens is 492 g/mol. The first-order chi connectivity index (χ1) is 18.8. The highest BCUT2D eigenvalue weighted by Crippen LogP contribution is 2.30. The van der Waals surface area contributed by atoms with E-state index in [1.54, 1.807) is 13.2 Å². The Balaban J connectivity index is 1.60. The van der Waals surface area contributed by atoms with Crippen LogP contribution in [-0.4, -0.2) is 54.8 Å². The topological polar surface area (TPSA) is 92.8 Å². The number of hydrogen-bond acceptors (Lipinski definition) is 6. The Kier molecular flexibility index (Phi) is 12.7. The number of hydrogen-bond donors (Lipinski definition) is 3. The van der Waals surface area contributed by atoms with E-state index in [2.05, 4.69) is 20.8 Å². The maximum atomic E-state index is 12.4. The Labute approximate surface area is 234 Å². The van der Waals surface area contributed by atoms with Crippen molar-refractivity contribution in [3.8, 4) is 11.5 Å². The predicted molar refractivity (Wildman–Crippen MR) is 155 cm³/mol. The number of nitrogens with zero attached hydrogens (tertiary/aromatic N) is 1. The van der Waals surface area contributed by atoms with Crippen LogP contribution in [0.25, 0.3) is 0 Å². The number of aryl methyl sites for hydroxylation is 1. The first-order valence-corrected chi connectivity index (χ1v) is 14.8. The number of carbonyl (C=O) groups is 1. The number of phenols is 1. The summed E-state index contributed by atoms with van der Waals surface area (Å²) in [5, 5.41) is 20.6. The fourth-order valence-electron chi connectivity index (χ4n) is 5.30. The zero-order valence-electron chi connectivity index (χ0n) is 24.4. The van der Waals surface area contributed by atoms with Crippen molar-refractivity contribution in [1.29, 1.82) is 0 Å². The van der Waals surface area contributed by atoms with Gasteiger partial charge in [-0.3, -0.25) is 14.7 Å². The number of carbonyl (C=O) groups excluding carboxylic acids is 1. The number of rotatable bonds is 19. The van der Waals surface area contributed by atoms with Gasteiger partial charge in [0.05, 0.1) is 11.7 Å². The van der Waals surface area contributed by atoms with Crippen LogP contribution in [0.2, 0.25) is 0 Å². The number of phenolic OH excluding ortho intramolecular Hbond substituents is 1. The van der Waals surface area contributed by atoms with E-state index < -0.39 is 6.10 Å². The van der Waals surface area contributed by atoms with E-state index in [1.807, 2.05) is 18.3 Å². The molecule has 2 atom stereocenters. The minimum Gasteiger partial charge on any atom is -0.504 e. The van der Waals surface area contributed by atoms with Gasteiger partial charge in [-0.25, -0.2) is 0 Å². The van der Waals surface area contributed by atoms with Crippen LogP contribution in [0.5, 0.6) is 11.5 Å². The van der Waals surface area contributed by atoms with Gasteiger partial charge >= 0.3 is 0 Å². The summed E-state index contributed by atoms with van der Waals surface area (Å²) < 4.78 is 11.4. The third kappa shape index (κ3) is 9.59. The normalized spacial score (nSPS) is 17.4. The number of ketones is 1. The number of benzene rings is 1. The molecule has 2 aliphatic heterocycles. The van der Waals surface area contributed by atoms with E-state index in [4.69, 9.17) is 14.5 Å². The molecule has 2 unspecified atom stereocenters. The molecule has 0 saturated heterocycles. The number of methoxy groups -OCH3 is 1. The first-order valence-electron chi connectivity index (χ1n) is 14.8. The van der Waals surface area contributed by atoms with Gasteiger partial charge in [0.2, 0.25) is 6.73 Å². The molecule has 7 nitrogen and oxygen atoms in total. The molecule has 3 N–H and O–H groups in total. The number of nitrogens with one attached hydrogen (secondary N) is 1. The lowest BCUT2D eigenvalue weighted by Gasteiger charge is -2.19. The molecule has 1 aromatic rings. The van der Waals surface area contributed by atoms with Crippen LogP contribution < -0.4 is 9.64 Å². The lowest BCUT2D eigenvalue weighted by Crippen LogP contribution is -3.10. The van der Waals surface area contributed by atoms with Gasteiger partial charge in [0.25, 0.3) is 0 Å². The Morgan fingerprint density at radius 1 is 1.13 bits per heavy atom. The number of fused-ring (bicyclic) bond motifs is 1. The first kappa shape index (κ1) is 31.1. The van der Waals surface area contributed by atoms with Crippen molar-refractivity contribution >= 4 is 11.5 Å². The highest BCUT2D eigenvalue weighted by molar-refractivity contribution is 6.08. The molecule has 0 amide bonds. The second-order valence-electron chi connectivity index (χ2n) is 11.4. The third-order valence-electron chi connectivity index (χ3n) is 7.58. The highest BCUT2D eigenvalue weighted by Gasteiger charge is 2.37. The van der Waals surface area contributed by atoms with Gasteiger partial charge in [-0.2, -0.15) is 0 Å². The van der Waals surface area contributed by atoms with E-state index >= 15 is 0 Å². The van der Waals surface area contributed by atoms with Crippen LogP contribution in [0.3, 0.4) is 0 Å². The largest absolute Gasteiger partial charge is 0.504 e. The molecule has 39 heavy (non-hydrogen) atoms. The van der Waals surface area contributed by atoms with Crippen molar-refractivity contribution in [1.82, 2.24) is 0 Å². The van der Waals surface area contributed by atoms with E-state index in [1.165, 1.54) is 21.7 Å². The maximum Gasteiger partial charge on any atom is 0.227 e. The molecule has 1 aromatic carbocycles. The number of unbranched alkanes of at least 4 members (excludes halogenated alkanes) is 2. The van der Waals surface area contributed by atoms with Crippen LogP contribution in [-0.2, 0) is 16.0 Å². The summed E-state index contributed by atoms with van der Waals surface area (Å²) in [6.45, 7) is 8.54. The van der Waals surface area contributed by atoms with Crippen molar-refractivity contribution in [3.63, 3.8) is 0 Å². The van der Waals surface area contributed by atoms with Crippen LogP contribution >= 0.6 is 0 Å². The molecule has 3 rings (SSSR count). The Morgan fingerprint density at radius 2 is 1.95 bits per heavy atom. The molecule has 0 aromatic heterocycles. The standard InChI is InChI=1S/C32H48N2O5/c1-5-6-7-10-26(35)19-27(36)14-12-24-13-16-30(37)31(18-24)39-22-34-21-28-32(29(34)15-11-23(2)3)25(20-33-28)9-8-17-38-4/h13,16,18,20,23,26,35,37H,5-12,14-15,17,19,21-22H2,1-4H3/p+1. The second kappa shape index (κ2) is 15.9. The van der Waals surface area contributed by atoms with Crippen LogP contribution in [0.4, 0.5) is 0 Å². The lowest BCUT2D eigenvalue weighted by atomic mass is 9.97. The zero-order valence-corrected chi connectivity index (χ0v) is 24.4. The minimum absolute atomic E-state index is 0.0687. The summed E-state index contributed by atoms with van der Waals surface area (Å²) in [5.74, 6) is 1.21. The summed E-state index contributed by atoms with van der Waals surface area (Å²) in [4.78, 5) is 18.4. The van der Waals surface area contributed by atoms with Gasteiger partial charge in [0.15, 0.2) is 11.5 Å². The number of aliphatic hydroxyl groups is 1. The SMILES string of the molecule is CCCCCC(O)CC(=O)CCc1ccc(O)c(OC[NH+]2CC3=NC=C(CCCOC)C3=C2CCC(C)C)c1. The van der Waals surface area contributed by atoms with E-state index in [-0.39, 0.29) is 18.0 Å². The second-order valence-corrected chi connectivity index (χ2v) is 11.4. The number of quaternary nitrogens is 1. The van der Waals surface area contributed by atoms with E-state index in [0.717, 1.165) is 69.4 Å². The number of aliphatic imine (C=N–C) groups is 1. The van der Waals surface area contributed by atoms with Gasteiger partial charge in [0, 0.05) is 39.2 Å². The molecule has 7 heteroatoms. The molecule has 0 bridgehead atoms. The number of aromatic hydroxyl groups is 1. The quantitative estimate of drug-likeness (QED) is 0.216. The highest BCUT2D eigenvalue weighted by atomic mass is 16.5. The predicted octanol–water partition coefficient (Wildman–Crippen LogP) is 4.92. The fourth-order valence-corrected chi connectivity index (χ4v) is 5.30. The molecule has 2 aliphatic rings. The van der Waals surface area contributed by atoms with Gasteiger partial charge < -0.3 is 19.7 Å². The summed E-state index contributed by atoms with van der Waals surface area (Å²) in [5.41, 5.74) is 6.02. The molecule has 2 heterocycles. The van der Waals surface area contributed by atoms with Crippen LogP contribution in [0.15, 0.2) is 46.2 Å². The maximum absolute atomic E-state index is 12.4.